The lowest BCUT2D eigenvalue weighted by Gasteiger charge is -2.04. The number of benzene rings is 1. The summed E-state index contributed by atoms with van der Waals surface area (Å²) >= 11 is 0. The molecule has 0 radical (unpaired) electrons. The van der Waals surface area contributed by atoms with Crippen molar-refractivity contribution in [1.82, 2.24) is 9.97 Å². The SMILES string of the molecule is C.C.C=Nc1nc(N=C(C)c2ccc(C(=C)C)cc2)cc(=O)[nH]1. The molecule has 0 unspecified atom stereocenters. The van der Waals surface area contributed by atoms with Crippen molar-refractivity contribution in [3.63, 3.8) is 0 Å². The summed E-state index contributed by atoms with van der Waals surface area (Å²) in [5, 5.41) is 0. The molecule has 0 aliphatic rings. The van der Waals surface area contributed by atoms with Gasteiger partial charge in [-0.3, -0.25) is 9.78 Å². The summed E-state index contributed by atoms with van der Waals surface area (Å²) in [6, 6.07) is 9.21. The summed E-state index contributed by atoms with van der Waals surface area (Å²) in [4.78, 5) is 25.9. The fourth-order valence-corrected chi connectivity index (χ4v) is 1.80. The van der Waals surface area contributed by atoms with Crippen LogP contribution < -0.4 is 5.56 Å². The van der Waals surface area contributed by atoms with Gasteiger partial charge in [0.1, 0.15) is 0 Å². The Labute approximate surface area is 137 Å². The molecule has 1 heterocycles. The van der Waals surface area contributed by atoms with Crippen LogP contribution in [0.15, 0.2) is 51.7 Å². The normalized spacial score (nSPS) is 10.3. The molecule has 0 saturated heterocycles. The van der Waals surface area contributed by atoms with E-state index in [9.17, 15) is 4.79 Å². The first-order chi connectivity index (χ1) is 9.99. The molecule has 0 aliphatic carbocycles. The van der Waals surface area contributed by atoms with E-state index in [1.165, 1.54) is 6.07 Å². The molecule has 2 aromatic rings. The van der Waals surface area contributed by atoms with E-state index in [0.717, 1.165) is 22.4 Å². The van der Waals surface area contributed by atoms with Gasteiger partial charge >= 0.3 is 0 Å². The second kappa shape index (κ2) is 8.58. The summed E-state index contributed by atoms with van der Waals surface area (Å²) in [6.07, 6.45) is 0. The van der Waals surface area contributed by atoms with Crippen molar-refractivity contribution in [3.05, 3.63) is 58.4 Å². The highest BCUT2D eigenvalue weighted by Gasteiger charge is 2.02. The second-order valence-corrected chi connectivity index (χ2v) is 4.64. The predicted octanol–water partition coefficient (Wildman–Crippen LogP) is 4.55. The van der Waals surface area contributed by atoms with Crippen molar-refractivity contribution in [2.45, 2.75) is 28.7 Å². The number of hydrogen-bond acceptors (Lipinski definition) is 4. The number of nitrogens with zero attached hydrogens (tertiary/aromatic N) is 3. The quantitative estimate of drug-likeness (QED) is 0.841. The zero-order valence-electron chi connectivity index (χ0n) is 12.1. The van der Waals surface area contributed by atoms with Crippen molar-refractivity contribution in [3.8, 4) is 0 Å². The van der Waals surface area contributed by atoms with Gasteiger partial charge in [-0.2, -0.15) is 4.98 Å². The van der Waals surface area contributed by atoms with Crippen LogP contribution in [0, 0.1) is 0 Å². The van der Waals surface area contributed by atoms with Gasteiger partial charge < -0.3 is 0 Å². The molecule has 0 amide bonds. The third kappa shape index (κ3) is 5.14. The van der Waals surface area contributed by atoms with Crippen LogP contribution in [0.1, 0.15) is 39.8 Å². The molecule has 0 saturated carbocycles. The van der Waals surface area contributed by atoms with E-state index in [1.54, 1.807) is 0 Å². The van der Waals surface area contributed by atoms with Crippen molar-refractivity contribution in [2.24, 2.45) is 9.98 Å². The number of aromatic amines is 1. The highest BCUT2D eigenvalue weighted by Crippen LogP contribution is 2.15. The molecule has 1 aromatic carbocycles. The van der Waals surface area contributed by atoms with Crippen LogP contribution in [0.25, 0.3) is 5.57 Å². The summed E-state index contributed by atoms with van der Waals surface area (Å²) < 4.78 is 0. The number of aliphatic imine (C=N–C) groups is 2. The molecule has 5 nitrogen and oxygen atoms in total. The Bertz CT molecular complexity index is 770. The van der Waals surface area contributed by atoms with E-state index in [0.29, 0.717) is 5.82 Å². The van der Waals surface area contributed by atoms with Crippen LogP contribution in [0.4, 0.5) is 11.8 Å². The molecular weight excluding hydrogens is 288 g/mol. The Kier molecular flexibility index (Phi) is 7.53. The van der Waals surface area contributed by atoms with E-state index in [1.807, 2.05) is 38.1 Å². The van der Waals surface area contributed by atoms with Gasteiger partial charge in [0.2, 0.25) is 5.95 Å². The van der Waals surface area contributed by atoms with Crippen LogP contribution in [0.5, 0.6) is 0 Å². The van der Waals surface area contributed by atoms with Crippen LogP contribution >= 0.6 is 0 Å². The Morgan fingerprint density at radius 1 is 1.13 bits per heavy atom. The predicted molar refractivity (Wildman–Crippen MR) is 101 cm³/mol. The highest BCUT2D eigenvalue weighted by atomic mass is 16.1. The fraction of sp³-hybridized carbons (Fsp3) is 0.222. The van der Waals surface area contributed by atoms with Gasteiger partial charge in [-0.05, 0) is 31.7 Å². The summed E-state index contributed by atoms with van der Waals surface area (Å²) in [5.41, 5.74) is 3.50. The number of allylic oxidation sites excluding steroid dienone is 1. The second-order valence-electron chi connectivity index (χ2n) is 4.64. The van der Waals surface area contributed by atoms with Crippen molar-refractivity contribution < 1.29 is 0 Å². The molecule has 1 N–H and O–H groups in total. The van der Waals surface area contributed by atoms with E-state index < -0.39 is 0 Å². The Morgan fingerprint density at radius 3 is 2.22 bits per heavy atom. The van der Waals surface area contributed by atoms with Gasteiger partial charge in [-0.1, -0.05) is 51.3 Å². The fourth-order valence-electron chi connectivity index (χ4n) is 1.80. The lowest BCUT2D eigenvalue weighted by Crippen LogP contribution is -2.04. The minimum atomic E-state index is -0.309. The maximum atomic E-state index is 11.4. The van der Waals surface area contributed by atoms with E-state index >= 15 is 0 Å². The monoisotopic (exact) mass is 312 g/mol. The van der Waals surface area contributed by atoms with Gasteiger partial charge in [-0.25, -0.2) is 9.98 Å². The molecule has 0 spiro atoms. The Hall–Kier alpha value is -2.82. The summed E-state index contributed by atoms with van der Waals surface area (Å²) in [7, 11) is 0. The highest BCUT2D eigenvalue weighted by molar-refractivity contribution is 6.00. The number of aromatic nitrogens is 2. The molecule has 1 aromatic heterocycles. The lowest BCUT2D eigenvalue weighted by molar-refractivity contribution is 1.09. The zero-order chi connectivity index (χ0) is 15.4. The average molecular weight is 312 g/mol. The standard InChI is InChI=1S/C16H16N4O.2CH4/c1-10(2)12-5-7-13(8-6-12)11(3)18-14-9-15(21)20-16(17-4)19-14;;/h5-9H,1,4H2,2-3H3,(H,19,20,21);2*1H4. The summed E-state index contributed by atoms with van der Waals surface area (Å²) in [6.45, 7) is 11.1. The molecular formula is C18H24N4O. The zero-order valence-corrected chi connectivity index (χ0v) is 12.1. The first kappa shape index (κ1) is 20.2. The van der Waals surface area contributed by atoms with Crippen molar-refractivity contribution in [2.75, 3.05) is 0 Å². The minimum Gasteiger partial charge on any atom is -0.291 e. The molecule has 2 rings (SSSR count). The molecule has 23 heavy (non-hydrogen) atoms. The van der Waals surface area contributed by atoms with Gasteiger partial charge in [-0.15, -0.1) is 0 Å². The molecule has 122 valence electrons. The number of H-pyrrole nitrogens is 1. The molecule has 0 aliphatic heterocycles. The molecule has 0 fully saturated rings. The van der Waals surface area contributed by atoms with Crippen LogP contribution in [-0.2, 0) is 0 Å². The molecule has 5 heteroatoms. The largest absolute Gasteiger partial charge is 0.291 e. The van der Waals surface area contributed by atoms with Crippen LogP contribution in [0.3, 0.4) is 0 Å². The third-order valence-corrected chi connectivity index (χ3v) is 2.94. The number of nitrogens with one attached hydrogen (secondary N) is 1. The third-order valence-electron chi connectivity index (χ3n) is 2.94. The summed E-state index contributed by atoms with van der Waals surface area (Å²) in [5.74, 6) is 0.467. The molecule has 0 bridgehead atoms. The lowest BCUT2D eigenvalue weighted by atomic mass is 10.0. The number of hydrogen-bond donors (Lipinski definition) is 1. The van der Waals surface area contributed by atoms with E-state index in [-0.39, 0.29) is 26.4 Å². The molecule has 0 atom stereocenters. The Morgan fingerprint density at radius 2 is 1.70 bits per heavy atom. The first-order valence-electron chi connectivity index (χ1n) is 6.39. The van der Waals surface area contributed by atoms with Crippen LogP contribution in [0.2, 0.25) is 0 Å². The first-order valence-corrected chi connectivity index (χ1v) is 6.39. The van der Waals surface area contributed by atoms with Crippen molar-refractivity contribution in [1.29, 1.82) is 0 Å². The maximum absolute atomic E-state index is 11.4. The van der Waals surface area contributed by atoms with E-state index in [4.69, 9.17) is 0 Å². The van der Waals surface area contributed by atoms with E-state index in [2.05, 4.69) is 33.2 Å². The Balaban J connectivity index is 0.00000242. The van der Waals surface area contributed by atoms with Gasteiger partial charge in [0.15, 0.2) is 5.82 Å². The maximum Gasteiger partial charge on any atom is 0.254 e. The minimum absolute atomic E-state index is 0. The van der Waals surface area contributed by atoms with Gasteiger partial charge in [0.05, 0.1) is 0 Å². The topological polar surface area (TPSA) is 70.5 Å². The van der Waals surface area contributed by atoms with Crippen LogP contribution in [-0.4, -0.2) is 22.4 Å². The smallest absolute Gasteiger partial charge is 0.254 e. The number of rotatable bonds is 4. The van der Waals surface area contributed by atoms with Gasteiger partial charge in [0, 0.05) is 11.8 Å². The van der Waals surface area contributed by atoms with Gasteiger partial charge in [0.25, 0.3) is 5.56 Å². The average Bonchev–Trinajstić information content (AvgIpc) is 2.46. The van der Waals surface area contributed by atoms with Crippen molar-refractivity contribution >= 4 is 29.8 Å².